The van der Waals surface area contributed by atoms with Crippen LogP contribution in [0.5, 0.6) is 0 Å². The van der Waals surface area contributed by atoms with Crippen LogP contribution in [0.15, 0.2) is 0 Å². The molecule has 0 bridgehead atoms. The maximum Gasteiger partial charge on any atom is 0.0543 e. The highest BCUT2D eigenvalue weighted by Crippen LogP contribution is 1.96. The summed E-state index contributed by atoms with van der Waals surface area (Å²) in [6, 6.07) is 0. The molecule has 0 aromatic carbocycles. The zero-order valence-electron chi connectivity index (χ0n) is 8.17. The Morgan fingerprint density at radius 3 is 2.08 bits per heavy atom. The van der Waals surface area contributed by atoms with Crippen molar-refractivity contribution in [1.29, 1.82) is 0 Å². The minimum absolute atomic E-state index is 0. The van der Waals surface area contributed by atoms with Gasteiger partial charge < -0.3 is 11.1 Å². The lowest BCUT2D eigenvalue weighted by Crippen LogP contribution is -2.37. The van der Waals surface area contributed by atoms with Crippen molar-refractivity contribution in [3.05, 3.63) is 0 Å². The average Bonchev–Trinajstić information content (AvgIpc) is 1.87. The lowest BCUT2D eigenvalue weighted by atomic mass is 10.1. The molecule has 0 amide bonds. The summed E-state index contributed by atoms with van der Waals surface area (Å²) in [5, 5.41) is 3.24. The van der Waals surface area contributed by atoms with Crippen LogP contribution in [0.3, 0.4) is 0 Å². The second-order valence-corrected chi connectivity index (χ2v) is 3.15. The van der Waals surface area contributed by atoms with Crippen LogP contribution in [-0.2, 0) is 0 Å². The van der Waals surface area contributed by atoms with Gasteiger partial charge in [0.25, 0.3) is 0 Å². The molecule has 0 aromatic heterocycles. The Morgan fingerprint density at radius 1 is 1.25 bits per heavy atom. The van der Waals surface area contributed by atoms with Crippen molar-refractivity contribution >= 4 is 24.8 Å². The van der Waals surface area contributed by atoms with Crippen LogP contribution in [0.4, 0.5) is 0 Å². The zero-order chi connectivity index (χ0) is 7.98. The van der Waals surface area contributed by atoms with Gasteiger partial charge in [0, 0.05) is 0 Å². The van der Waals surface area contributed by atoms with E-state index in [4.69, 9.17) is 5.73 Å². The van der Waals surface area contributed by atoms with E-state index in [0.29, 0.717) is 0 Å². The normalized spacial score (nSPS) is 11.8. The fourth-order valence-electron chi connectivity index (χ4n) is 0.702. The summed E-state index contributed by atoms with van der Waals surface area (Å²) in [6.07, 6.45) is 2.42. The lowest BCUT2D eigenvalue weighted by Gasteiger charge is -2.11. The van der Waals surface area contributed by atoms with Gasteiger partial charge in [-0.25, -0.2) is 0 Å². The first-order valence-electron chi connectivity index (χ1n) is 4.15. The molecule has 0 spiro atoms. The SMILES string of the molecule is CCC(N)NCCC(C)C.Cl.Cl. The number of hydrogen-bond acceptors (Lipinski definition) is 2. The molecule has 0 aliphatic carbocycles. The molecule has 0 aliphatic heterocycles. The molecule has 0 radical (unpaired) electrons. The molecule has 0 rings (SSSR count). The summed E-state index contributed by atoms with van der Waals surface area (Å²) < 4.78 is 0. The molecular formula is C8H22Cl2N2. The summed E-state index contributed by atoms with van der Waals surface area (Å²) in [6.45, 7) is 7.58. The van der Waals surface area contributed by atoms with Crippen LogP contribution in [-0.4, -0.2) is 12.7 Å². The Hall–Kier alpha value is 0.500. The van der Waals surface area contributed by atoms with Crippen molar-refractivity contribution in [2.45, 2.75) is 39.8 Å². The molecule has 1 atom stereocenters. The van der Waals surface area contributed by atoms with E-state index in [2.05, 4.69) is 26.1 Å². The third kappa shape index (κ3) is 13.1. The van der Waals surface area contributed by atoms with Gasteiger partial charge in [-0.3, -0.25) is 0 Å². The van der Waals surface area contributed by atoms with Gasteiger partial charge in [0.05, 0.1) is 6.17 Å². The highest BCUT2D eigenvalue weighted by Gasteiger charge is 1.97. The monoisotopic (exact) mass is 216 g/mol. The molecular weight excluding hydrogens is 195 g/mol. The van der Waals surface area contributed by atoms with Crippen LogP contribution in [0.2, 0.25) is 0 Å². The predicted octanol–water partition coefficient (Wildman–Crippen LogP) is 2.16. The van der Waals surface area contributed by atoms with E-state index in [1.807, 2.05) is 0 Å². The van der Waals surface area contributed by atoms with Crippen LogP contribution in [0.25, 0.3) is 0 Å². The summed E-state index contributed by atoms with van der Waals surface area (Å²) in [5.41, 5.74) is 5.65. The topological polar surface area (TPSA) is 38.0 Å². The van der Waals surface area contributed by atoms with Gasteiger partial charge in [0.15, 0.2) is 0 Å². The number of nitrogens with one attached hydrogen (secondary N) is 1. The van der Waals surface area contributed by atoms with E-state index in [1.165, 1.54) is 6.42 Å². The standard InChI is InChI=1S/C8H20N2.2ClH/c1-4-8(9)10-6-5-7(2)3;;/h7-8,10H,4-6,9H2,1-3H3;2*1H. The summed E-state index contributed by atoms with van der Waals surface area (Å²) in [5.74, 6) is 0.775. The number of hydrogen-bond donors (Lipinski definition) is 2. The highest BCUT2D eigenvalue weighted by molar-refractivity contribution is 5.85. The van der Waals surface area contributed by atoms with Crippen molar-refractivity contribution in [3.63, 3.8) is 0 Å². The predicted molar refractivity (Wildman–Crippen MR) is 60.2 cm³/mol. The number of halogens is 2. The van der Waals surface area contributed by atoms with E-state index in [-0.39, 0.29) is 31.0 Å². The summed E-state index contributed by atoms with van der Waals surface area (Å²) in [4.78, 5) is 0. The Kier molecular flexibility index (Phi) is 17.6. The lowest BCUT2D eigenvalue weighted by molar-refractivity contribution is 0.467. The molecule has 0 fully saturated rings. The van der Waals surface area contributed by atoms with E-state index < -0.39 is 0 Å². The molecule has 4 heteroatoms. The molecule has 0 aliphatic rings. The van der Waals surface area contributed by atoms with Crippen LogP contribution in [0, 0.1) is 5.92 Å². The van der Waals surface area contributed by atoms with Gasteiger partial charge in [-0.05, 0) is 25.3 Å². The fraction of sp³-hybridized carbons (Fsp3) is 1.00. The number of rotatable bonds is 5. The van der Waals surface area contributed by atoms with E-state index >= 15 is 0 Å². The molecule has 3 N–H and O–H groups in total. The van der Waals surface area contributed by atoms with Gasteiger partial charge in [-0.2, -0.15) is 0 Å². The van der Waals surface area contributed by atoms with Crippen molar-refractivity contribution in [2.75, 3.05) is 6.54 Å². The number of nitrogens with two attached hydrogens (primary N) is 1. The summed E-state index contributed by atoms with van der Waals surface area (Å²) >= 11 is 0. The zero-order valence-corrected chi connectivity index (χ0v) is 9.80. The fourth-order valence-corrected chi connectivity index (χ4v) is 0.702. The first-order valence-corrected chi connectivity index (χ1v) is 4.15. The van der Waals surface area contributed by atoms with E-state index in [0.717, 1.165) is 18.9 Å². The van der Waals surface area contributed by atoms with Gasteiger partial charge in [0.2, 0.25) is 0 Å². The maximum atomic E-state index is 5.65. The largest absolute Gasteiger partial charge is 0.316 e. The first-order chi connectivity index (χ1) is 4.66. The Bertz CT molecular complexity index is 79.5. The molecule has 0 aromatic rings. The van der Waals surface area contributed by atoms with Gasteiger partial charge in [0.1, 0.15) is 0 Å². The van der Waals surface area contributed by atoms with Crippen molar-refractivity contribution in [1.82, 2.24) is 5.32 Å². The minimum atomic E-state index is 0. The van der Waals surface area contributed by atoms with E-state index in [9.17, 15) is 0 Å². The second kappa shape index (κ2) is 11.5. The van der Waals surface area contributed by atoms with Crippen molar-refractivity contribution < 1.29 is 0 Å². The van der Waals surface area contributed by atoms with Crippen LogP contribution < -0.4 is 11.1 Å². The Morgan fingerprint density at radius 2 is 1.75 bits per heavy atom. The van der Waals surface area contributed by atoms with E-state index in [1.54, 1.807) is 0 Å². The molecule has 1 unspecified atom stereocenters. The van der Waals surface area contributed by atoms with Crippen LogP contribution >= 0.6 is 24.8 Å². The third-order valence-corrected chi connectivity index (χ3v) is 1.57. The molecule has 12 heavy (non-hydrogen) atoms. The highest BCUT2D eigenvalue weighted by atomic mass is 35.5. The molecule has 0 saturated carbocycles. The van der Waals surface area contributed by atoms with Gasteiger partial charge in [-0.1, -0.05) is 20.8 Å². The van der Waals surface area contributed by atoms with Crippen molar-refractivity contribution in [2.24, 2.45) is 11.7 Å². The Balaban J connectivity index is -0.000000405. The van der Waals surface area contributed by atoms with Crippen LogP contribution in [0.1, 0.15) is 33.6 Å². The third-order valence-electron chi connectivity index (χ3n) is 1.57. The molecule has 2 nitrogen and oxygen atoms in total. The van der Waals surface area contributed by atoms with Crippen molar-refractivity contribution in [3.8, 4) is 0 Å². The Labute approximate surface area is 88.5 Å². The average molecular weight is 217 g/mol. The smallest absolute Gasteiger partial charge is 0.0543 e. The summed E-state index contributed by atoms with van der Waals surface area (Å²) in [7, 11) is 0. The quantitative estimate of drug-likeness (QED) is 0.692. The molecule has 0 saturated heterocycles. The minimum Gasteiger partial charge on any atom is -0.316 e. The van der Waals surface area contributed by atoms with Gasteiger partial charge >= 0.3 is 0 Å². The molecule has 0 heterocycles. The molecule has 78 valence electrons. The van der Waals surface area contributed by atoms with Gasteiger partial charge in [-0.15, -0.1) is 24.8 Å². The second-order valence-electron chi connectivity index (χ2n) is 3.15. The maximum absolute atomic E-state index is 5.65. The first kappa shape index (κ1) is 18.3.